The summed E-state index contributed by atoms with van der Waals surface area (Å²) in [5.41, 5.74) is 9.24. The van der Waals surface area contributed by atoms with E-state index in [1.54, 1.807) is 0 Å². The monoisotopic (exact) mass is 217 g/mol. The minimum absolute atomic E-state index is 0.0630. The number of hydrogen-bond donors (Lipinski definition) is 1. The minimum atomic E-state index is -0.215. The van der Waals surface area contributed by atoms with Gasteiger partial charge in [0, 0.05) is 11.6 Å². The molecule has 0 saturated carbocycles. The molecular formula is C14H19NO. The van der Waals surface area contributed by atoms with Crippen molar-refractivity contribution in [2.24, 2.45) is 5.73 Å². The highest BCUT2D eigenvalue weighted by Crippen LogP contribution is 2.36. The number of benzene rings is 1. The number of hydrogen-bond acceptors (Lipinski definition) is 2. The largest absolute Gasteiger partial charge is 0.483 e. The third kappa shape index (κ3) is 1.98. The Kier molecular flexibility index (Phi) is 2.55. The van der Waals surface area contributed by atoms with Gasteiger partial charge in [-0.2, -0.15) is 0 Å². The number of allylic oxidation sites excluding steroid dienone is 1. The number of fused-ring (bicyclic) bond motifs is 1. The summed E-state index contributed by atoms with van der Waals surface area (Å²) in [7, 11) is 0. The first kappa shape index (κ1) is 11.2. The Balaban J connectivity index is 2.50. The molecule has 0 fully saturated rings. The van der Waals surface area contributed by atoms with Crippen molar-refractivity contribution in [3.8, 4) is 5.75 Å². The summed E-state index contributed by atoms with van der Waals surface area (Å²) in [6.07, 6.45) is 2.15. The molecule has 1 unspecified atom stereocenters. The van der Waals surface area contributed by atoms with Gasteiger partial charge < -0.3 is 10.5 Å². The summed E-state index contributed by atoms with van der Waals surface area (Å²) >= 11 is 0. The Morgan fingerprint density at radius 3 is 2.62 bits per heavy atom. The zero-order valence-electron chi connectivity index (χ0n) is 10.4. The maximum Gasteiger partial charge on any atom is 0.128 e. The quantitative estimate of drug-likeness (QED) is 0.783. The topological polar surface area (TPSA) is 35.2 Å². The Morgan fingerprint density at radius 1 is 1.31 bits per heavy atom. The SMILES string of the molecule is CC1=CC(C)(C)Oc2ccc(C(C)N)cc21. The molecule has 1 aliphatic heterocycles. The zero-order chi connectivity index (χ0) is 11.9. The van der Waals surface area contributed by atoms with Crippen molar-refractivity contribution in [2.45, 2.75) is 39.3 Å². The van der Waals surface area contributed by atoms with Crippen LogP contribution in [0.4, 0.5) is 0 Å². The summed E-state index contributed by atoms with van der Waals surface area (Å²) in [5, 5.41) is 0. The molecule has 2 nitrogen and oxygen atoms in total. The van der Waals surface area contributed by atoms with E-state index < -0.39 is 0 Å². The Bertz CT molecular complexity index is 444. The standard InChI is InChI=1S/C14H19NO/c1-9-8-14(3,4)16-13-6-5-11(10(2)15)7-12(9)13/h5-8,10H,15H2,1-4H3. The lowest BCUT2D eigenvalue weighted by molar-refractivity contribution is 0.158. The summed E-state index contributed by atoms with van der Waals surface area (Å²) in [6.45, 7) is 8.25. The molecule has 1 heterocycles. The van der Waals surface area contributed by atoms with Crippen molar-refractivity contribution < 1.29 is 4.74 Å². The van der Waals surface area contributed by atoms with Crippen LogP contribution in [0.15, 0.2) is 24.3 Å². The summed E-state index contributed by atoms with van der Waals surface area (Å²) in [6, 6.07) is 6.25. The molecule has 2 N–H and O–H groups in total. The van der Waals surface area contributed by atoms with Gasteiger partial charge in [0.1, 0.15) is 11.4 Å². The maximum absolute atomic E-state index is 5.91. The Morgan fingerprint density at radius 2 is 2.00 bits per heavy atom. The van der Waals surface area contributed by atoms with Gasteiger partial charge in [0.25, 0.3) is 0 Å². The second kappa shape index (κ2) is 3.63. The lowest BCUT2D eigenvalue weighted by Gasteiger charge is -2.30. The summed E-state index contributed by atoms with van der Waals surface area (Å²) in [4.78, 5) is 0. The van der Waals surface area contributed by atoms with E-state index in [-0.39, 0.29) is 11.6 Å². The molecule has 0 amide bonds. The average Bonchev–Trinajstić information content (AvgIpc) is 2.15. The van der Waals surface area contributed by atoms with Gasteiger partial charge in [-0.1, -0.05) is 6.07 Å². The van der Waals surface area contributed by atoms with E-state index >= 15 is 0 Å². The van der Waals surface area contributed by atoms with Crippen LogP contribution < -0.4 is 10.5 Å². The van der Waals surface area contributed by atoms with Crippen molar-refractivity contribution in [1.29, 1.82) is 0 Å². The normalized spacial score (nSPS) is 19.4. The highest BCUT2D eigenvalue weighted by Gasteiger charge is 2.24. The smallest absolute Gasteiger partial charge is 0.128 e. The van der Waals surface area contributed by atoms with Crippen molar-refractivity contribution in [3.05, 3.63) is 35.4 Å². The van der Waals surface area contributed by atoms with E-state index in [4.69, 9.17) is 10.5 Å². The summed E-state index contributed by atoms with van der Waals surface area (Å²) in [5.74, 6) is 0.953. The first-order chi connectivity index (χ1) is 7.39. The predicted octanol–water partition coefficient (Wildman–Crippen LogP) is 3.28. The maximum atomic E-state index is 5.91. The lowest BCUT2D eigenvalue weighted by Crippen LogP contribution is -2.28. The predicted molar refractivity (Wildman–Crippen MR) is 67.4 cm³/mol. The van der Waals surface area contributed by atoms with Gasteiger partial charge in [0.05, 0.1) is 0 Å². The molecule has 86 valence electrons. The van der Waals surface area contributed by atoms with E-state index in [1.165, 1.54) is 5.57 Å². The molecule has 2 rings (SSSR count). The van der Waals surface area contributed by atoms with Crippen molar-refractivity contribution in [1.82, 2.24) is 0 Å². The molecule has 0 spiro atoms. The molecule has 0 saturated heterocycles. The van der Waals surface area contributed by atoms with Crippen molar-refractivity contribution in [3.63, 3.8) is 0 Å². The van der Waals surface area contributed by atoms with Crippen LogP contribution in [-0.4, -0.2) is 5.60 Å². The molecule has 0 radical (unpaired) electrons. The zero-order valence-corrected chi connectivity index (χ0v) is 10.4. The fraction of sp³-hybridized carbons (Fsp3) is 0.429. The van der Waals surface area contributed by atoms with Gasteiger partial charge in [0.15, 0.2) is 0 Å². The Labute approximate surface area is 97.1 Å². The molecule has 1 atom stereocenters. The molecule has 2 heteroatoms. The van der Waals surface area contributed by atoms with Crippen molar-refractivity contribution >= 4 is 5.57 Å². The van der Waals surface area contributed by atoms with Crippen LogP contribution in [0.5, 0.6) is 5.75 Å². The number of nitrogens with two attached hydrogens (primary N) is 1. The molecule has 1 aromatic rings. The first-order valence-electron chi connectivity index (χ1n) is 5.67. The van der Waals surface area contributed by atoms with Gasteiger partial charge in [-0.3, -0.25) is 0 Å². The van der Waals surface area contributed by atoms with E-state index in [0.29, 0.717) is 0 Å². The van der Waals surface area contributed by atoms with Gasteiger partial charge in [-0.25, -0.2) is 0 Å². The third-order valence-electron chi connectivity index (χ3n) is 2.89. The van der Waals surface area contributed by atoms with Gasteiger partial charge in [-0.15, -0.1) is 0 Å². The average molecular weight is 217 g/mol. The molecule has 1 aromatic carbocycles. The van der Waals surface area contributed by atoms with E-state index in [2.05, 4.69) is 32.9 Å². The van der Waals surface area contributed by atoms with Crippen LogP contribution in [0.2, 0.25) is 0 Å². The molecule has 0 bridgehead atoms. The van der Waals surface area contributed by atoms with Crippen LogP contribution in [-0.2, 0) is 0 Å². The van der Waals surface area contributed by atoms with Crippen LogP contribution in [0.1, 0.15) is 44.9 Å². The second-order valence-electron chi connectivity index (χ2n) is 5.08. The van der Waals surface area contributed by atoms with Gasteiger partial charge >= 0.3 is 0 Å². The second-order valence-corrected chi connectivity index (χ2v) is 5.08. The van der Waals surface area contributed by atoms with Gasteiger partial charge in [-0.05, 0) is 57.0 Å². The highest BCUT2D eigenvalue weighted by molar-refractivity contribution is 5.72. The highest BCUT2D eigenvalue weighted by atomic mass is 16.5. The fourth-order valence-corrected chi connectivity index (χ4v) is 2.14. The molecule has 0 aliphatic carbocycles. The van der Waals surface area contributed by atoms with E-state index in [1.807, 2.05) is 19.1 Å². The molecular weight excluding hydrogens is 198 g/mol. The van der Waals surface area contributed by atoms with Crippen LogP contribution >= 0.6 is 0 Å². The summed E-state index contributed by atoms with van der Waals surface area (Å²) < 4.78 is 5.91. The first-order valence-corrected chi connectivity index (χ1v) is 5.67. The van der Waals surface area contributed by atoms with E-state index in [9.17, 15) is 0 Å². The molecule has 0 aromatic heterocycles. The fourth-order valence-electron chi connectivity index (χ4n) is 2.14. The van der Waals surface area contributed by atoms with Crippen molar-refractivity contribution in [2.75, 3.05) is 0 Å². The number of ether oxygens (including phenoxy) is 1. The molecule has 1 aliphatic rings. The molecule has 16 heavy (non-hydrogen) atoms. The van der Waals surface area contributed by atoms with Crippen LogP contribution in [0, 0.1) is 0 Å². The van der Waals surface area contributed by atoms with Crippen LogP contribution in [0.25, 0.3) is 5.57 Å². The van der Waals surface area contributed by atoms with Gasteiger partial charge in [0.2, 0.25) is 0 Å². The lowest BCUT2D eigenvalue weighted by atomic mass is 9.93. The number of rotatable bonds is 1. The third-order valence-corrected chi connectivity index (χ3v) is 2.89. The van der Waals surface area contributed by atoms with E-state index in [0.717, 1.165) is 16.9 Å². The minimum Gasteiger partial charge on any atom is -0.483 e. The Hall–Kier alpha value is -1.28. The van der Waals surface area contributed by atoms with Crippen LogP contribution in [0.3, 0.4) is 0 Å².